The van der Waals surface area contributed by atoms with Crippen LogP contribution in [0.15, 0.2) is 49.1 Å². The van der Waals surface area contributed by atoms with Crippen LogP contribution in [0.2, 0.25) is 0 Å². The Kier molecular flexibility index (Phi) is 9.56. The molecule has 9 nitrogen and oxygen atoms in total. The third kappa shape index (κ3) is 6.39. The molecule has 178 valence electrons. The van der Waals surface area contributed by atoms with Gasteiger partial charge in [0.2, 0.25) is 17.6 Å². The van der Waals surface area contributed by atoms with Crippen molar-refractivity contribution in [2.24, 2.45) is 0 Å². The van der Waals surface area contributed by atoms with Crippen molar-refractivity contribution < 1.29 is 34.1 Å². The van der Waals surface area contributed by atoms with Gasteiger partial charge in [-0.3, -0.25) is 14.8 Å². The summed E-state index contributed by atoms with van der Waals surface area (Å²) >= 11 is 0. The molecule has 0 saturated heterocycles. The molecular formula is C24H30N2O7. The number of nitrogens with one attached hydrogen (secondary N) is 2. The van der Waals surface area contributed by atoms with Crippen molar-refractivity contribution in [3.05, 3.63) is 60.2 Å². The Morgan fingerprint density at radius 2 is 1.67 bits per heavy atom. The van der Waals surface area contributed by atoms with Crippen LogP contribution >= 0.6 is 0 Å². The summed E-state index contributed by atoms with van der Waals surface area (Å²) in [5, 5.41) is 21.6. The molecule has 2 unspecified atom stereocenters. The minimum atomic E-state index is -0.543. The first-order chi connectivity index (χ1) is 15.9. The molecule has 0 bridgehead atoms. The summed E-state index contributed by atoms with van der Waals surface area (Å²) in [7, 11) is 4.53. The fraction of sp³-hybridized carbons (Fsp3) is 0.333. The largest absolute Gasteiger partial charge is 0.508 e. The number of aromatic hydroxyl groups is 1. The first-order valence-electron chi connectivity index (χ1n) is 10.3. The fourth-order valence-electron chi connectivity index (χ4n) is 3.83. The molecule has 0 saturated carbocycles. The molecule has 2 amide bonds. The molecule has 2 rings (SSSR count). The Labute approximate surface area is 192 Å². The third-order valence-corrected chi connectivity index (χ3v) is 5.43. The van der Waals surface area contributed by atoms with Gasteiger partial charge in [-0.2, -0.15) is 0 Å². The highest BCUT2D eigenvalue weighted by Crippen LogP contribution is 2.47. The number of hydroxylamine groups is 1. The van der Waals surface area contributed by atoms with Crippen LogP contribution in [0, 0.1) is 0 Å². The highest BCUT2D eigenvalue weighted by Gasteiger charge is 2.30. The first-order valence-corrected chi connectivity index (χ1v) is 10.3. The minimum Gasteiger partial charge on any atom is -0.508 e. The topological polar surface area (TPSA) is 126 Å². The van der Waals surface area contributed by atoms with Gasteiger partial charge in [0, 0.05) is 24.4 Å². The lowest BCUT2D eigenvalue weighted by atomic mass is 9.78. The van der Waals surface area contributed by atoms with Crippen LogP contribution in [0.1, 0.15) is 35.8 Å². The van der Waals surface area contributed by atoms with Gasteiger partial charge in [0.25, 0.3) is 0 Å². The molecule has 2 atom stereocenters. The Hall–Kier alpha value is -3.72. The number of amides is 2. The Balaban J connectivity index is 2.64. The Morgan fingerprint density at radius 1 is 1.00 bits per heavy atom. The van der Waals surface area contributed by atoms with Crippen molar-refractivity contribution in [1.82, 2.24) is 10.8 Å². The lowest BCUT2D eigenvalue weighted by molar-refractivity contribution is -0.129. The lowest BCUT2D eigenvalue weighted by Crippen LogP contribution is -2.30. The summed E-state index contributed by atoms with van der Waals surface area (Å²) in [6.07, 6.45) is 1.51. The molecule has 4 N–H and O–H groups in total. The molecule has 0 aliphatic heterocycles. The Bertz CT molecular complexity index is 960. The molecule has 0 aromatic heterocycles. The zero-order chi connectivity index (χ0) is 24.4. The third-order valence-electron chi connectivity index (χ3n) is 5.43. The van der Waals surface area contributed by atoms with Gasteiger partial charge in [0.15, 0.2) is 11.5 Å². The normalized spacial score (nSPS) is 12.2. The molecule has 0 spiro atoms. The van der Waals surface area contributed by atoms with E-state index in [4.69, 9.17) is 19.4 Å². The van der Waals surface area contributed by atoms with Crippen molar-refractivity contribution >= 4 is 11.8 Å². The second-order valence-electron chi connectivity index (χ2n) is 7.25. The molecule has 9 heteroatoms. The zero-order valence-corrected chi connectivity index (χ0v) is 19.0. The van der Waals surface area contributed by atoms with Gasteiger partial charge < -0.3 is 24.6 Å². The summed E-state index contributed by atoms with van der Waals surface area (Å²) < 4.78 is 16.6. The van der Waals surface area contributed by atoms with E-state index in [-0.39, 0.29) is 36.5 Å². The number of rotatable bonds is 12. The summed E-state index contributed by atoms with van der Waals surface area (Å²) in [6.45, 7) is 3.71. The highest BCUT2D eigenvalue weighted by atomic mass is 16.5. The minimum absolute atomic E-state index is 0.0165. The van der Waals surface area contributed by atoms with E-state index in [0.717, 1.165) is 11.1 Å². The Morgan fingerprint density at radius 3 is 2.21 bits per heavy atom. The number of benzene rings is 2. The maximum Gasteiger partial charge on any atom is 0.243 e. The van der Waals surface area contributed by atoms with Gasteiger partial charge >= 0.3 is 0 Å². The molecule has 0 aliphatic carbocycles. The standard InChI is InChI=1S/C24H30N2O7/c1-5-21(28)25-14-19(15-6-8-16(27)9-7-15)17(11-13-22(29)26-30)18-10-12-20(31-2)24(33-4)23(18)32-3/h5-10,12,17,19,27,30H,1,11,13-14H2,2-4H3,(H,25,28)(H,26,29). The van der Waals surface area contributed by atoms with E-state index in [1.54, 1.807) is 35.8 Å². The van der Waals surface area contributed by atoms with Crippen LogP contribution in [-0.2, 0) is 9.59 Å². The average molecular weight is 459 g/mol. The van der Waals surface area contributed by atoms with Crippen molar-refractivity contribution in [1.29, 1.82) is 0 Å². The first kappa shape index (κ1) is 25.5. The van der Waals surface area contributed by atoms with Crippen LogP contribution < -0.4 is 25.0 Å². The second-order valence-corrected chi connectivity index (χ2v) is 7.25. The van der Waals surface area contributed by atoms with Crippen molar-refractivity contribution in [2.75, 3.05) is 27.9 Å². The van der Waals surface area contributed by atoms with Crippen LogP contribution in [0.4, 0.5) is 0 Å². The van der Waals surface area contributed by atoms with E-state index in [1.807, 2.05) is 6.07 Å². The molecule has 0 aliphatic rings. The van der Waals surface area contributed by atoms with Crippen LogP contribution in [-0.4, -0.2) is 50.0 Å². The number of hydrogen-bond donors (Lipinski definition) is 4. The predicted octanol–water partition coefficient (Wildman–Crippen LogP) is 2.87. The maximum atomic E-state index is 12.0. The van der Waals surface area contributed by atoms with Gasteiger partial charge in [0.05, 0.1) is 21.3 Å². The van der Waals surface area contributed by atoms with E-state index in [0.29, 0.717) is 23.7 Å². The molecule has 0 fully saturated rings. The molecular weight excluding hydrogens is 428 g/mol. The van der Waals surface area contributed by atoms with E-state index in [1.165, 1.54) is 27.4 Å². The number of phenolic OH excluding ortho intramolecular Hbond substituents is 1. The molecule has 2 aromatic rings. The SMILES string of the molecule is C=CC(=O)NCC(c1ccc(O)cc1)C(CCC(=O)NO)c1ccc(OC)c(OC)c1OC. The second kappa shape index (κ2) is 12.4. The van der Waals surface area contributed by atoms with Gasteiger partial charge in [-0.1, -0.05) is 24.8 Å². The van der Waals surface area contributed by atoms with E-state index < -0.39 is 5.91 Å². The number of ether oxygens (including phenoxy) is 3. The van der Waals surface area contributed by atoms with Crippen molar-refractivity contribution in [2.45, 2.75) is 24.7 Å². The number of carbonyl (C=O) groups is 2. The summed E-state index contributed by atoms with van der Waals surface area (Å²) in [5.41, 5.74) is 3.21. The molecule has 33 heavy (non-hydrogen) atoms. The van der Waals surface area contributed by atoms with Gasteiger partial charge in [-0.05, 0) is 42.2 Å². The number of phenols is 1. The highest BCUT2D eigenvalue weighted by molar-refractivity contribution is 5.86. The number of hydrogen-bond acceptors (Lipinski definition) is 7. The van der Waals surface area contributed by atoms with E-state index >= 15 is 0 Å². The van der Waals surface area contributed by atoms with Gasteiger partial charge in [0.1, 0.15) is 5.75 Å². The van der Waals surface area contributed by atoms with Crippen LogP contribution in [0.3, 0.4) is 0 Å². The summed E-state index contributed by atoms with van der Waals surface area (Å²) in [5.74, 6) is -0.152. The van der Waals surface area contributed by atoms with Crippen molar-refractivity contribution in [3.8, 4) is 23.0 Å². The monoisotopic (exact) mass is 458 g/mol. The fourth-order valence-corrected chi connectivity index (χ4v) is 3.83. The van der Waals surface area contributed by atoms with Gasteiger partial charge in [-0.15, -0.1) is 0 Å². The van der Waals surface area contributed by atoms with Crippen LogP contribution in [0.5, 0.6) is 23.0 Å². The zero-order valence-electron chi connectivity index (χ0n) is 19.0. The van der Waals surface area contributed by atoms with Crippen LogP contribution in [0.25, 0.3) is 0 Å². The maximum absolute atomic E-state index is 12.0. The lowest BCUT2D eigenvalue weighted by Gasteiger charge is -2.30. The predicted molar refractivity (Wildman–Crippen MR) is 122 cm³/mol. The molecule has 0 radical (unpaired) electrons. The summed E-state index contributed by atoms with van der Waals surface area (Å²) in [4.78, 5) is 23.8. The quantitative estimate of drug-likeness (QED) is 0.219. The molecule has 2 aromatic carbocycles. The smallest absolute Gasteiger partial charge is 0.243 e. The average Bonchev–Trinajstić information content (AvgIpc) is 2.85. The van der Waals surface area contributed by atoms with E-state index in [9.17, 15) is 14.7 Å². The molecule has 0 heterocycles. The van der Waals surface area contributed by atoms with Gasteiger partial charge in [-0.25, -0.2) is 5.48 Å². The van der Waals surface area contributed by atoms with E-state index in [2.05, 4.69) is 11.9 Å². The number of carbonyl (C=O) groups excluding carboxylic acids is 2. The van der Waals surface area contributed by atoms with Crippen molar-refractivity contribution in [3.63, 3.8) is 0 Å². The number of methoxy groups -OCH3 is 3. The summed E-state index contributed by atoms with van der Waals surface area (Å²) in [6, 6.07) is 10.2.